The Morgan fingerprint density at radius 1 is 1.00 bits per heavy atom. The number of nitrogens with zero attached hydrogens (tertiary/aromatic N) is 3. The van der Waals surface area contributed by atoms with Crippen molar-refractivity contribution in [2.75, 3.05) is 17.3 Å². The molecule has 1 aromatic heterocycles. The van der Waals surface area contributed by atoms with Crippen molar-refractivity contribution in [3.63, 3.8) is 0 Å². The van der Waals surface area contributed by atoms with E-state index in [0.717, 1.165) is 27.9 Å². The third-order valence-corrected chi connectivity index (χ3v) is 3.93. The lowest BCUT2D eigenvalue weighted by Crippen LogP contribution is -2.12. The van der Waals surface area contributed by atoms with Gasteiger partial charge in [0.15, 0.2) is 0 Å². The van der Waals surface area contributed by atoms with Crippen molar-refractivity contribution in [2.24, 2.45) is 0 Å². The number of hydrogen-bond acceptors (Lipinski definition) is 4. The first-order valence-corrected chi connectivity index (χ1v) is 7.70. The number of rotatable bonds is 5. The third kappa shape index (κ3) is 3.79. The summed E-state index contributed by atoms with van der Waals surface area (Å²) in [5.41, 5.74) is 2.11. The van der Waals surface area contributed by atoms with Crippen molar-refractivity contribution in [2.45, 2.75) is 6.54 Å². The molecule has 0 atom stereocenters. The number of benzene rings is 2. The van der Waals surface area contributed by atoms with Crippen LogP contribution in [0.3, 0.4) is 0 Å². The SMILES string of the molecule is CN(c1ccccc1)c1cc(NCc2ccccc2Cl)ncn1. The number of nitrogens with one attached hydrogen (secondary N) is 1. The molecule has 0 bridgehead atoms. The molecule has 0 spiro atoms. The molecule has 3 rings (SSSR count). The summed E-state index contributed by atoms with van der Waals surface area (Å²) < 4.78 is 0. The van der Waals surface area contributed by atoms with E-state index in [-0.39, 0.29) is 0 Å². The van der Waals surface area contributed by atoms with Gasteiger partial charge in [-0.1, -0.05) is 48.0 Å². The Morgan fingerprint density at radius 2 is 1.74 bits per heavy atom. The highest BCUT2D eigenvalue weighted by Gasteiger charge is 2.07. The van der Waals surface area contributed by atoms with Crippen molar-refractivity contribution in [3.05, 3.63) is 77.6 Å². The van der Waals surface area contributed by atoms with Gasteiger partial charge in [-0.2, -0.15) is 0 Å². The van der Waals surface area contributed by atoms with E-state index in [1.54, 1.807) is 6.33 Å². The molecule has 0 unspecified atom stereocenters. The van der Waals surface area contributed by atoms with Crippen molar-refractivity contribution < 1.29 is 0 Å². The lowest BCUT2D eigenvalue weighted by molar-refractivity contribution is 1.05. The zero-order chi connectivity index (χ0) is 16.1. The van der Waals surface area contributed by atoms with E-state index in [0.29, 0.717) is 6.54 Å². The predicted octanol–water partition coefficient (Wildman–Crippen LogP) is 4.51. The fourth-order valence-corrected chi connectivity index (χ4v) is 2.44. The Morgan fingerprint density at radius 3 is 2.52 bits per heavy atom. The van der Waals surface area contributed by atoms with Crippen LogP contribution in [0.1, 0.15) is 5.56 Å². The number of hydrogen-bond donors (Lipinski definition) is 1. The minimum Gasteiger partial charge on any atom is -0.366 e. The fraction of sp³-hybridized carbons (Fsp3) is 0.111. The maximum absolute atomic E-state index is 6.17. The highest BCUT2D eigenvalue weighted by molar-refractivity contribution is 6.31. The lowest BCUT2D eigenvalue weighted by atomic mass is 10.2. The van der Waals surface area contributed by atoms with Crippen LogP contribution in [-0.4, -0.2) is 17.0 Å². The maximum Gasteiger partial charge on any atom is 0.138 e. The molecule has 116 valence electrons. The molecule has 0 fully saturated rings. The van der Waals surface area contributed by atoms with Gasteiger partial charge >= 0.3 is 0 Å². The van der Waals surface area contributed by atoms with Gasteiger partial charge in [0.2, 0.25) is 0 Å². The summed E-state index contributed by atoms with van der Waals surface area (Å²) in [6.45, 7) is 0.616. The van der Waals surface area contributed by atoms with Crippen molar-refractivity contribution in [1.29, 1.82) is 0 Å². The molecule has 0 aliphatic carbocycles. The second-order valence-corrected chi connectivity index (χ2v) is 5.51. The molecule has 0 saturated heterocycles. The second kappa shape index (κ2) is 7.11. The van der Waals surface area contributed by atoms with Crippen LogP contribution in [-0.2, 0) is 6.54 Å². The summed E-state index contributed by atoms with van der Waals surface area (Å²) in [5, 5.41) is 4.03. The lowest BCUT2D eigenvalue weighted by Gasteiger charge is -2.18. The molecule has 4 nitrogen and oxygen atoms in total. The predicted molar refractivity (Wildman–Crippen MR) is 95.3 cm³/mol. The monoisotopic (exact) mass is 324 g/mol. The molecule has 0 aliphatic heterocycles. The Balaban J connectivity index is 1.74. The van der Waals surface area contributed by atoms with E-state index < -0.39 is 0 Å². The van der Waals surface area contributed by atoms with Gasteiger partial charge in [-0.3, -0.25) is 0 Å². The zero-order valence-corrected chi connectivity index (χ0v) is 13.5. The van der Waals surface area contributed by atoms with Gasteiger partial charge in [-0.25, -0.2) is 9.97 Å². The van der Waals surface area contributed by atoms with Crippen LogP contribution in [0, 0.1) is 0 Å². The number of anilines is 3. The smallest absolute Gasteiger partial charge is 0.138 e. The van der Waals surface area contributed by atoms with Crippen molar-refractivity contribution in [1.82, 2.24) is 9.97 Å². The van der Waals surface area contributed by atoms with Crippen LogP contribution in [0.5, 0.6) is 0 Å². The van der Waals surface area contributed by atoms with Crippen LogP contribution < -0.4 is 10.2 Å². The molecule has 0 amide bonds. The minimum absolute atomic E-state index is 0.616. The van der Waals surface area contributed by atoms with Gasteiger partial charge in [0, 0.05) is 30.4 Å². The van der Waals surface area contributed by atoms with Crippen molar-refractivity contribution >= 4 is 28.9 Å². The van der Waals surface area contributed by atoms with Gasteiger partial charge in [0.05, 0.1) is 0 Å². The Kier molecular flexibility index (Phi) is 4.74. The first kappa shape index (κ1) is 15.3. The van der Waals surface area contributed by atoms with Crippen LogP contribution in [0.25, 0.3) is 0 Å². The quantitative estimate of drug-likeness (QED) is 0.749. The molecule has 1 N–H and O–H groups in total. The zero-order valence-electron chi connectivity index (χ0n) is 12.8. The summed E-state index contributed by atoms with van der Waals surface area (Å²) in [5.74, 6) is 1.59. The molecule has 0 radical (unpaired) electrons. The molecular formula is C18H17ClN4. The summed E-state index contributed by atoms with van der Waals surface area (Å²) in [6, 6.07) is 19.8. The van der Waals surface area contributed by atoms with E-state index in [2.05, 4.69) is 15.3 Å². The normalized spacial score (nSPS) is 10.3. The summed E-state index contributed by atoms with van der Waals surface area (Å²) in [7, 11) is 1.98. The molecule has 2 aromatic carbocycles. The molecular weight excluding hydrogens is 308 g/mol. The van der Waals surface area contributed by atoms with E-state index >= 15 is 0 Å². The topological polar surface area (TPSA) is 41.0 Å². The summed E-state index contributed by atoms with van der Waals surface area (Å²) in [4.78, 5) is 10.6. The number of halogens is 1. The Hall–Kier alpha value is -2.59. The highest BCUT2D eigenvalue weighted by Crippen LogP contribution is 2.23. The standard InChI is InChI=1S/C18H17ClN4/c1-23(15-8-3-2-4-9-15)18-11-17(21-13-22-18)20-12-14-7-5-6-10-16(14)19/h2-11,13H,12H2,1H3,(H,20,21,22). The first-order chi connectivity index (χ1) is 11.2. The molecule has 0 aliphatic rings. The average molecular weight is 325 g/mol. The summed E-state index contributed by atoms with van der Waals surface area (Å²) in [6.07, 6.45) is 1.56. The average Bonchev–Trinajstić information content (AvgIpc) is 2.61. The molecule has 1 heterocycles. The maximum atomic E-state index is 6.17. The Labute approximate surface area is 140 Å². The van der Waals surface area contributed by atoms with Gasteiger partial charge in [-0.15, -0.1) is 0 Å². The van der Waals surface area contributed by atoms with Gasteiger partial charge in [0.25, 0.3) is 0 Å². The summed E-state index contributed by atoms with van der Waals surface area (Å²) >= 11 is 6.17. The largest absolute Gasteiger partial charge is 0.366 e. The van der Waals surface area contributed by atoms with Crippen molar-refractivity contribution in [3.8, 4) is 0 Å². The van der Waals surface area contributed by atoms with E-state index in [1.165, 1.54) is 0 Å². The molecule has 5 heteroatoms. The van der Waals surface area contributed by atoms with Crippen LogP contribution >= 0.6 is 11.6 Å². The molecule has 23 heavy (non-hydrogen) atoms. The van der Waals surface area contributed by atoms with E-state index in [1.807, 2.05) is 72.6 Å². The highest BCUT2D eigenvalue weighted by atomic mass is 35.5. The van der Waals surface area contributed by atoms with E-state index in [9.17, 15) is 0 Å². The fourth-order valence-electron chi connectivity index (χ4n) is 2.24. The van der Waals surface area contributed by atoms with Crippen LogP contribution in [0.2, 0.25) is 5.02 Å². The first-order valence-electron chi connectivity index (χ1n) is 7.32. The van der Waals surface area contributed by atoms with Gasteiger partial charge in [-0.05, 0) is 23.8 Å². The minimum atomic E-state index is 0.616. The number of para-hydroxylation sites is 1. The number of aromatic nitrogens is 2. The van der Waals surface area contributed by atoms with Gasteiger partial charge < -0.3 is 10.2 Å². The van der Waals surface area contributed by atoms with Crippen LogP contribution in [0.15, 0.2) is 67.0 Å². The second-order valence-electron chi connectivity index (χ2n) is 5.10. The third-order valence-electron chi connectivity index (χ3n) is 3.56. The van der Waals surface area contributed by atoms with E-state index in [4.69, 9.17) is 11.6 Å². The van der Waals surface area contributed by atoms with Gasteiger partial charge in [0.1, 0.15) is 18.0 Å². The molecule has 3 aromatic rings. The Bertz CT molecular complexity index is 777. The van der Waals surface area contributed by atoms with Crippen LogP contribution in [0.4, 0.5) is 17.3 Å². The molecule has 0 saturated carbocycles.